The molecule has 1 unspecified atom stereocenters. The van der Waals surface area contributed by atoms with Crippen LogP contribution in [0.5, 0.6) is 0 Å². The van der Waals surface area contributed by atoms with Gasteiger partial charge in [0.1, 0.15) is 0 Å². The Bertz CT molecular complexity index is 56.9. The van der Waals surface area contributed by atoms with Crippen molar-refractivity contribution >= 4 is 45.1 Å². The lowest BCUT2D eigenvalue weighted by Crippen LogP contribution is -1.85. The van der Waals surface area contributed by atoms with Gasteiger partial charge in [0.15, 0.2) is 0 Å². The van der Waals surface area contributed by atoms with Crippen LogP contribution in [0.4, 0.5) is 0 Å². The minimum atomic E-state index is 0.754. The third kappa shape index (κ3) is 7.30. The molecule has 0 amide bonds. The maximum atomic E-state index is 2.25. The smallest absolute Gasteiger partial charge is 0.0507 e. The highest BCUT2D eigenvalue weighted by molar-refractivity contribution is 8.78. The molecule has 0 fully saturated rings. The van der Waals surface area contributed by atoms with Crippen LogP contribution in [0.3, 0.4) is 0 Å². The molecular weight excluding hydrogens is 188 g/mol. The van der Waals surface area contributed by atoms with Crippen molar-refractivity contribution in [1.29, 1.82) is 0 Å². The van der Waals surface area contributed by atoms with E-state index in [0.717, 1.165) is 4.58 Å². The summed E-state index contributed by atoms with van der Waals surface area (Å²) in [5, 5.41) is 1.21. The second-order valence-corrected chi connectivity index (χ2v) is 7.11. The summed E-state index contributed by atoms with van der Waals surface area (Å²) in [6.45, 7) is 2.25. The molecule has 0 rings (SSSR count). The fourth-order valence-electron chi connectivity index (χ4n) is 0.240. The van der Waals surface area contributed by atoms with Gasteiger partial charge in [-0.15, -0.1) is 11.8 Å². The predicted octanol–water partition coefficient (Wildman–Crippen LogP) is 3.40. The van der Waals surface area contributed by atoms with Gasteiger partial charge in [0.2, 0.25) is 0 Å². The molecule has 0 aromatic carbocycles. The summed E-state index contributed by atoms with van der Waals surface area (Å²) in [7, 11) is 3.76. The average Bonchev–Trinajstić information content (AvgIpc) is 1.89. The minimum absolute atomic E-state index is 0.754. The van der Waals surface area contributed by atoms with Gasteiger partial charge in [-0.1, -0.05) is 21.6 Å². The first-order valence-electron chi connectivity index (χ1n) is 2.61. The van der Waals surface area contributed by atoms with Gasteiger partial charge in [-0.3, -0.25) is 0 Å². The van der Waals surface area contributed by atoms with Crippen molar-refractivity contribution in [3.63, 3.8) is 0 Å². The lowest BCUT2D eigenvalue weighted by atomic mass is 11.0. The zero-order valence-electron chi connectivity index (χ0n) is 5.92. The van der Waals surface area contributed by atoms with Gasteiger partial charge in [0.25, 0.3) is 0 Å². The third-order valence-electron chi connectivity index (χ3n) is 0.801. The Morgan fingerprint density at radius 1 is 1.33 bits per heavy atom. The first-order valence-corrected chi connectivity index (χ1v) is 7.67. The third-order valence-corrected chi connectivity index (χ3v) is 5.66. The number of rotatable bonds is 5. The van der Waals surface area contributed by atoms with E-state index in [1.54, 1.807) is 0 Å². The van der Waals surface area contributed by atoms with Crippen molar-refractivity contribution in [2.75, 3.05) is 17.6 Å². The second kappa shape index (κ2) is 7.51. The minimum Gasteiger partial charge on any atom is -0.151 e. The highest BCUT2D eigenvalue weighted by atomic mass is 33.1. The Kier molecular flexibility index (Phi) is 8.67. The van der Waals surface area contributed by atoms with Crippen molar-refractivity contribution < 1.29 is 0 Å². The van der Waals surface area contributed by atoms with Crippen molar-refractivity contribution in [2.24, 2.45) is 0 Å². The average molecular weight is 200 g/mol. The molecule has 0 aromatic heterocycles. The standard InChI is InChI=1S/C5H12S4/c1-5(6-2)8-4-9-7-3/h5H,4H2,1-3H3. The largest absolute Gasteiger partial charge is 0.151 e. The number of hydrogen-bond donors (Lipinski definition) is 0. The van der Waals surface area contributed by atoms with E-state index in [9.17, 15) is 0 Å². The van der Waals surface area contributed by atoms with Crippen LogP contribution in [0, 0.1) is 0 Å². The molecule has 0 heterocycles. The summed E-state index contributed by atoms with van der Waals surface area (Å²) >= 11 is 3.92. The molecule has 0 aliphatic carbocycles. The van der Waals surface area contributed by atoms with Gasteiger partial charge in [-0.05, 0) is 19.4 Å². The van der Waals surface area contributed by atoms with E-state index in [-0.39, 0.29) is 0 Å². The fourth-order valence-corrected chi connectivity index (χ4v) is 4.02. The number of thioether (sulfide) groups is 2. The van der Waals surface area contributed by atoms with Crippen LogP contribution in [-0.2, 0) is 0 Å². The maximum Gasteiger partial charge on any atom is 0.0507 e. The molecule has 0 spiro atoms. The lowest BCUT2D eigenvalue weighted by molar-refractivity contribution is 1.43. The van der Waals surface area contributed by atoms with E-state index < -0.39 is 0 Å². The van der Waals surface area contributed by atoms with E-state index >= 15 is 0 Å². The lowest BCUT2D eigenvalue weighted by Gasteiger charge is -2.04. The topological polar surface area (TPSA) is 0 Å². The van der Waals surface area contributed by atoms with Gasteiger partial charge in [-0.2, -0.15) is 11.8 Å². The summed E-state index contributed by atoms with van der Waals surface area (Å²) < 4.78 is 0.754. The Morgan fingerprint density at radius 2 is 2.00 bits per heavy atom. The van der Waals surface area contributed by atoms with E-state index in [4.69, 9.17) is 0 Å². The normalized spacial score (nSPS) is 13.7. The first-order chi connectivity index (χ1) is 4.31. The van der Waals surface area contributed by atoms with Gasteiger partial charge in [0, 0.05) is 4.58 Å². The molecule has 0 saturated carbocycles. The van der Waals surface area contributed by atoms with E-state index in [2.05, 4.69) is 19.4 Å². The quantitative estimate of drug-likeness (QED) is 0.379. The summed E-state index contributed by atoms with van der Waals surface area (Å²) in [4.78, 5) is 0. The van der Waals surface area contributed by atoms with Crippen molar-refractivity contribution in [3.8, 4) is 0 Å². The molecule has 4 heteroatoms. The molecule has 56 valence electrons. The van der Waals surface area contributed by atoms with Gasteiger partial charge in [-0.25, -0.2) is 0 Å². The molecule has 9 heavy (non-hydrogen) atoms. The van der Waals surface area contributed by atoms with E-state index in [0.29, 0.717) is 0 Å². The SMILES string of the molecule is CSSCSC(C)SC. The first kappa shape index (κ1) is 10.4. The zero-order chi connectivity index (χ0) is 7.11. The molecule has 0 bridgehead atoms. The molecule has 1 atom stereocenters. The summed E-state index contributed by atoms with van der Waals surface area (Å²) in [6, 6.07) is 0. The van der Waals surface area contributed by atoms with Gasteiger partial charge < -0.3 is 0 Å². The Labute approximate surface area is 74.1 Å². The molecule has 0 N–H and O–H groups in total. The Hall–Kier alpha value is 1.40. The van der Waals surface area contributed by atoms with Crippen LogP contribution in [0.25, 0.3) is 0 Å². The zero-order valence-corrected chi connectivity index (χ0v) is 9.18. The van der Waals surface area contributed by atoms with Crippen LogP contribution in [0.1, 0.15) is 6.92 Å². The number of hydrogen-bond acceptors (Lipinski definition) is 4. The van der Waals surface area contributed by atoms with Crippen molar-refractivity contribution in [1.82, 2.24) is 0 Å². The van der Waals surface area contributed by atoms with Gasteiger partial charge >= 0.3 is 0 Å². The van der Waals surface area contributed by atoms with Crippen LogP contribution >= 0.6 is 45.1 Å². The molecule has 0 aliphatic heterocycles. The molecule has 0 nitrogen and oxygen atoms in total. The molecule has 0 radical (unpaired) electrons. The molecule has 0 aliphatic rings. The highest BCUT2D eigenvalue weighted by Crippen LogP contribution is 2.28. The van der Waals surface area contributed by atoms with Crippen molar-refractivity contribution in [3.05, 3.63) is 0 Å². The summed E-state index contributed by atoms with van der Waals surface area (Å²) in [6.07, 6.45) is 4.27. The van der Waals surface area contributed by atoms with Crippen LogP contribution in [-0.4, -0.2) is 22.2 Å². The van der Waals surface area contributed by atoms with E-state index in [1.807, 2.05) is 45.1 Å². The second-order valence-electron chi connectivity index (χ2n) is 1.37. The monoisotopic (exact) mass is 200 g/mol. The predicted molar refractivity (Wildman–Crippen MR) is 56.5 cm³/mol. The van der Waals surface area contributed by atoms with Crippen LogP contribution in [0.2, 0.25) is 0 Å². The molecule has 0 aromatic rings. The summed E-state index contributed by atoms with van der Waals surface area (Å²) in [5.74, 6) is 0. The highest BCUT2D eigenvalue weighted by Gasteiger charge is 1.97. The van der Waals surface area contributed by atoms with Crippen molar-refractivity contribution in [2.45, 2.75) is 11.5 Å². The Balaban J connectivity index is 2.88. The molecule has 0 saturated heterocycles. The van der Waals surface area contributed by atoms with Crippen LogP contribution < -0.4 is 0 Å². The summed E-state index contributed by atoms with van der Waals surface area (Å²) in [5.41, 5.74) is 0. The van der Waals surface area contributed by atoms with Gasteiger partial charge in [0.05, 0.1) is 5.08 Å². The fraction of sp³-hybridized carbons (Fsp3) is 1.00. The maximum absolute atomic E-state index is 2.25. The van der Waals surface area contributed by atoms with Crippen LogP contribution in [0.15, 0.2) is 0 Å². The Morgan fingerprint density at radius 3 is 2.44 bits per heavy atom. The van der Waals surface area contributed by atoms with E-state index in [1.165, 1.54) is 5.08 Å². The molecular formula is C5H12S4.